The molecule has 0 spiro atoms. The van der Waals surface area contributed by atoms with Gasteiger partial charge in [-0.2, -0.15) is 0 Å². The molecule has 1 aliphatic carbocycles. The smallest absolute Gasteiger partial charge is 0.221 e. The van der Waals surface area contributed by atoms with E-state index in [0.29, 0.717) is 31.0 Å². The van der Waals surface area contributed by atoms with Gasteiger partial charge in [0, 0.05) is 18.8 Å². The molecule has 0 heterocycles. The summed E-state index contributed by atoms with van der Waals surface area (Å²) in [5.41, 5.74) is 0. The average Bonchev–Trinajstić information content (AvgIpc) is 2.91. The Bertz CT molecular complexity index is 437. The molecular formula is C20H32O4. The van der Waals surface area contributed by atoms with Crippen LogP contribution in [0.25, 0.3) is 0 Å². The number of allylic oxidation sites excluding steroid dienone is 4. The summed E-state index contributed by atoms with van der Waals surface area (Å²) in [6.07, 6.45) is 17.1. The molecule has 136 valence electrons. The number of carbonyl (C=O) groups is 2. The molecule has 0 unspecified atom stereocenters. The number of hydrogen-bond acceptors (Lipinski definition) is 4. The minimum absolute atomic E-state index is 0.0211. The molecule has 1 rings (SSSR count). The van der Waals surface area contributed by atoms with Crippen LogP contribution in [0, 0.1) is 11.8 Å². The van der Waals surface area contributed by atoms with Crippen LogP contribution in [0.4, 0.5) is 0 Å². The molecule has 0 saturated heterocycles. The standard InChI is InChI=1S/C20H32O4/c1-2-3-4-5-6-8-11-17-13-14-19(22)18(17)12-9-7-10-15-20(23,24)16-21/h7-9,11,16-18,23-24H,2-6,10,12-15H2,1H3/b9-7-,11-8+/t17-,18+/m0/s1. The van der Waals surface area contributed by atoms with Gasteiger partial charge in [-0.1, -0.05) is 50.5 Å². The molecule has 1 aliphatic rings. The van der Waals surface area contributed by atoms with Crippen LogP contribution >= 0.6 is 0 Å². The number of unbranched alkanes of at least 4 members (excludes halogenated alkanes) is 4. The second-order valence-corrected chi connectivity index (χ2v) is 6.80. The van der Waals surface area contributed by atoms with E-state index in [4.69, 9.17) is 0 Å². The number of ketones is 1. The van der Waals surface area contributed by atoms with Crippen molar-refractivity contribution in [1.82, 2.24) is 0 Å². The summed E-state index contributed by atoms with van der Waals surface area (Å²) in [7, 11) is 0. The Hall–Kier alpha value is -1.26. The second-order valence-electron chi connectivity index (χ2n) is 6.80. The van der Waals surface area contributed by atoms with E-state index in [2.05, 4.69) is 19.1 Å². The van der Waals surface area contributed by atoms with Crippen LogP contribution in [-0.2, 0) is 9.59 Å². The predicted molar refractivity (Wildman–Crippen MR) is 95.3 cm³/mol. The first-order valence-electron chi connectivity index (χ1n) is 9.25. The zero-order valence-corrected chi connectivity index (χ0v) is 14.8. The maximum atomic E-state index is 12.0. The average molecular weight is 336 g/mol. The lowest BCUT2D eigenvalue weighted by molar-refractivity contribution is -0.170. The van der Waals surface area contributed by atoms with E-state index in [1.807, 2.05) is 12.2 Å². The summed E-state index contributed by atoms with van der Waals surface area (Å²) in [4.78, 5) is 22.4. The van der Waals surface area contributed by atoms with Crippen molar-refractivity contribution >= 4 is 12.1 Å². The Kier molecular flexibility index (Phi) is 9.80. The fraction of sp³-hybridized carbons (Fsp3) is 0.700. The topological polar surface area (TPSA) is 74.6 Å². The van der Waals surface area contributed by atoms with Gasteiger partial charge in [-0.3, -0.25) is 9.59 Å². The van der Waals surface area contributed by atoms with E-state index < -0.39 is 5.79 Å². The lowest BCUT2D eigenvalue weighted by atomic mass is 9.91. The number of aldehydes is 1. The fourth-order valence-corrected chi connectivity index (χ4v) is 3.15. The summed E-state index contributed by atoms with van der Waals surface area (Å²) < 4.78 is 0. The summed E-state index contributed by atoms with van der Waals surface area (Å²) >= 11 is 0. The number of Topliss-reactive ketones (excluding diaryl/α,β-unsaturated/α-hetero) is 1. The van der Waals surface area contributed by atoms with Crippen LogP contribution in [0.3, 0.4) is 0 Å². The van der Waals surface area contributed by atoms with Crippen LogP contribution in [0.5, 0.6) is 0 Å². The van der Waals surface area contributed by atoms with Crippen molar-refractivity contribution in [3.8, 4) is 0 Å². The fourth-order valence-electron chi connectivity index (χ4n) is 3.15. The molecule has 2 atom stereocenters. The number of carbonyl (C=O) groups excluding carboxylic acids is 2. The van der Waals surface area contributed by atoms with E-state index in [0.717, 1.165) is 12.8 Å². The summed E-state index contributed by atoms with van der Waals surface area (Å²) in [5.74, 6) is -1.53. The summed E-state index contributed by atoms with van der Waals surface area (Å²) in [6.45, 7) is 2.21. The van der Waals surface area contributed by atoms with Crippen molar-refractivity contribution in [3.63, 3.8) is 0 Å². The van der Waals surface area contributed by atoms with Crippen molar-refractivity contribution < 1.29 is 19.8 Å². The Morgan fingerprint density at radius 1 is 1.12 bits per heavy atom. The lowest BCUT2D eigenvalue weighted by Gasteiger charge is -2.13. The monoisotopic (exact) mass is 336 g/mol. The third-order valence-corrected chi connectivity index (χ3v) is 4.69. The Morgan fingerprint density at radius 3 is 2.62 bits per heavy atom. The number of hydrogen-bond donors (Lipinski definition) is 2. The Morgan fingerprint density at radius 2 is 1.92 bits per heavy atom. The van der Waals surface area contributed by atoms with Gasteiger partial charge in [0.05, 0.1) is 0 Å². The van der Waals surface area contributed by atoms with Crippen LogP contribution in [0.1, 0.15) is 71.1 Å². The minimum Gasteiger partial charge on any atom is -0.360 e. The molecule has 24 heavy (non-hydrogen) atoms. The maximum Gasteiger partial charge on any atom is 0.221 e. The first-order valence-corrected chi connectivity index (χ1v) is 9.25. The van der Waals surface area contributed by atoms with Gasteiger partial charge in [-0.25, -0.2) is 0 Å². The molecule has 0 aliphatic heterocycles. The largest absolute Gasteiger partial charge is 0.360 e. The van der Waals surface area contributed by atoms with Gasteiger partial charge >= 0.3 is 0 Å². The van der Waals surface area contributed by atoms with Crippen molar-refractivity contribution in [2.75, 3.05) is 0 Å². The first kappa shape index (κ1) is 20.8. The third kappa shape index (κ3) is 8.02. The molecule has 4 heteroatoms. The van der Waals surface area contributed by atoms with Gasteiger partial charge in [0.2, 0.25) is 5.79 Å². The number of aliphatic hydroxyl groups is 2. The second kappa shape index (κ2) is 11.3. The summed E-state index contributed by atoms with van der Waals surface area (Å²) in [5, 5.41) is 18.4. The van der Waals surface area contributed by atoms with Gasteiger partial charge in [0.15, 0.2) is 6.29 Å². The van der Waals surface area contributed by atoms with Crippen LogP contribution in [0.15, 0.2) is 24.3 Å². The van der Waals surface area contributed by atoms with Gasteiger partial charge in [0.1, 0.15) is 5.78 Å². The van der Waals surface area contributed by atoms with Gasteiger partial charge < -0.3 is 10.2 Å². The molecule has 4 nitrogen and oxygen atoms in total. The van der Waals surface area contributed by atoms with Gasteiger partial charge in [-0.15, -0.1) is 0 Å². The summed E-state index contributed by atoms with van der Waals surface area (Å²) in [6, 6.07) is 0. The van der Waals surface area contributed by atoms with Crippen molar-refractivity contribution in [1.29, 1.82) is 0 Å². The van der Waals surface area contributed by atoms with E-state index in [9.17, 15) is 19.8 Å². The molecule has 1 fully saturated rings. The Balaban J connectivity index is 2.34. The highest BCUT2D eigenvalue weighted by Gasteiger charge is 2.31. The number of rotatable bonds is 12. The van der Waals surface area contributed by atoms with E-state index >= 15 is 0 Å². The molecular weight excluding hydrogens is 304 g/mol. The van der Waals surface area contributed by atoms with Crippen LogP contribution in [0.2, 0.25) is 0 Å². The molecule has 2 N–H and O–H groups in total. The zero-order valence-electron chi connectivity index (χ0n) is 14.8. The molecule has 0 aromatic carbocycles. The molecule has 0 aromatic heterocycles. The van der Waals surface area contributed by atoms with E-state index in [1.54, 1.807) is 0 Å². The molecule has 0 radical (unpaired) electrons. The first-order chi connectivity index (χ1) is 11.5. The molecule has 1 saturated carbocycles. The highest BCUT2D eigenvalue weighted by molar-refractivity contribution is 5.83. The van der Waals surface area contributed by atoms with Gasteiger partial charge in [-0.05, 0) is 38.0 Å². The van der Waals surface area contributed by atoms with Crippen LogP contribution in [-0.4, -0.2) is 28.1 Å². The highest BCUT2D eigenvalue weighted by atomic mass is 16.5. The van der Waals surface area contributed by atoms with Crippen LogP contribution < -0.4 is 0 Å². The molecule has 0 bridgehead atoms. The lowest BCUT2D eigenvalue weighted by Crippen LogP contribution is -2.29. The zero-order chi connectivity index (χ0) is 17.8. The third-order valence-electron chi connectivity index (χ3n) is 4.69. The predicted octanol–water partition coefficient (Wildman–Crippen LogP) is 3.71. The minimum atomic E-state index is -2.24. The van der Waals surface area contributed by atoms with E-state index in [1.165, 1.54) is 25.7 Å². The van der Waals surface area contributed by atoms with Crippen molar-refractivity contribution in [3.05, 3.63) is 24.3 Å². The molecule has 0 amide bonds. The normalized spacial score (nSPS) is 22.0. The highest BCUT2D eigenvalue weighted by Crippen LogP contribution is 2.33. The van der Waals surface area contributed by atoms with Gasteiger partial charge in [0.25, 0.3) is 0 Å². The quantitative estimate of drug-likeness (QED) is 0.246. The maximum absolute atomic E-state index is 12.0. The van der Waals surface area contributed by atoms with E-state index in [-0.39, 0.29) is 18.6 Å². The molecule has 0 aromatic rings. The van der Waals surface area contributed by atoms with Crippen molar-refractivity contribution in [2.45, 2.75) is 76.9 Å². The van der Waals surface area contributed by atoms with Crippen molar-refractivity contribution in [2.24, 2.45) is 11.8 Å². The Labute approximate surface area is 145 Å². The SMILES string of the molecule is CCCCCC/C=C/[C@H]1CCC(=O)[C@@H]1C/C=C\CCC(O)(O)C=O.